The molecule has 3 N–H and O–H groups in total. The van der Waals surface area contributed by atoms with Crippen molar-refractivity contribution in [2.45, 2.75) is 64.6 Å². The number of carbonyl (C=O) groups is 2. The second-order valence-corrected chi connectivity index (χ2v) is 12.3. The van der Waals surface area contributed by atoms with E-state index in [0.717, 1.165) is 32.2 Å². The van der Waals surface area contributed by atoms with E-state index in [-0.39, 0.29) is 47.5 Å². The van der Waals surface area contributed by atoms with E-state index < -0.39 is 5.82 Å². The van der Waals surface area contributed by atoms with Gasteiger partial charge in [-0.25, -0.2) is 23.9 Å². The number of unbranched alkanes of at least 4 members (excludes halogenated alkanes) is 2. The molecule has 0 radical (unpaired) electrons. The number of rotatable bonds is 14. The Bertz CT molecular complexity index is 1850. The molecule has 0 aliphatic carbocycles. The van der Waals surface area contributed by atoms with Crippen LogP contribution in [-0.4, -0.2) is 80.1 Å². The van der Waals surface area contributed by atoms with Crippen LogP contribution in [0.15, 0.2) is 66.6 Å². The Balaban J connectivity index is 1.31. The number of likely N-dealkylation sites (tertiary alicyclic amines) is 1. The second kappa shape index (κ2) is 16.2. The lowest BCUT2D eigenvalue weighted by Gasteiger charge is -2.26. The van der Waals surface area contributed by atoms with Crippen molar-refractivity contribution in [1.82, 2.24) is 34.9 Å². The fraction of sp³-hybridized carbons (Fsp3) is 0.389. The number of benzene rings is 2. The van der Waals surface area contributed by atoms with Crippen LogP contribution in [0.5, 0.6) is 11.5 Å². The molecule has 1 aliphatic heterocycles. The third-order valence-electron chi connectivity index (χ3n) is 8.75. The molecule has 49 heavy (non-hydrogen) atoms. The lowest BCUT2D eigenvalue weighted by molar-refractivity contribution is -0.127. The summed E-state index contributed by atoms with van der Waals surface area (Å²) in [6.45, 7) is 13.5. The normalized spacial score (nSPS) is 15.4. The Morgan fingerprint density at radius 3 is 2.71 bits per heavy atom. The molecule has 2 aromatic carbocycles. The number of ether oxygens (including phenoxy) is 1. The zero-order chi connectivity index (χ0) is 34.9. The van der Waals surface area contributed by atoms with Gasteiger partial charge in [-0.1, -0.05) is 30.7 Å². The van der Waals surface area contributed by atoms with Crippen molar-refractivity contribution in [3.8, 4) is 22.8 Å². The largest absolute Gasteiger partial charge is 0.457 e. The first-order valence-corrected chi connectivity index (χ1v) is 16.5. The van der Waals surface area contributed by atoms with Gasteiger partial charge in [0.05, 0.1) is 24.5 Å². The highest BCUT2D eigenvalue weighted by atomic mass is 19.1. The molecule has 0 bridgehead atoms. The molecule has 0 saturated carbocycles. The fourth-order valence-electron chi connectivity index (χ4n) is 6.00. The van der Waals surface area contributed by atoms with Gasteiger partial charge < -0.3 is 25.6 Å². The molecule has 3 heterocycles. The molecule has 2 atom stereocenters. The zero-order valence-electron chi connectivity index (χ0n) is 28.1. The number of nitrogens with two attached hydrogens (primary N) is 1. The molecular formula is C36H42FN9O3. The summed E-state index contributed by atoms with van der Waals surface area (Å²) >= 11 is 0. The molecule has 1 aliphatic rings. The highest BCUT2D eigenvalue weighted by Gasteiger charge is 2.33. The number of hydrogen-bond acceptors (Lipinski definition) is 8. The number of anilines is 1. The SMILES string of the molecule is [C-]#[N+]/C(=C\C(C)N(C)CCCCCNC(C)=O)C(=O)N1CCC[C@H]1Cn1nc(-c2ccc(Oc3ccccc3)cc2F)c2c(N)ncnc21. The smallest absolute Gasteiger partial charge is 0.252 e. The first kappa shape index (κ1) is 35.0. The van der Waals surface area contributed by atoms with Gasteiger partial charge in [0.25, 0.3) is 5.91 Å². The quantitative estimate of drug-likeness (QED) is 0.103. The Morgan fingerprint density at radius 1 is 1.18 bits per heavy atom. The minimum Gasteiger partial charge on any atom is -0.457 e. The third kappa shape index (κ3) is 8.58. The van der Waals surface area contributed by atoms with Crippen LogP contribution in [0.1, 0.15) is 46.0 Å². The van der Waals surface area contributed by atoms with E-state index in [2.05, 4.69) is 25.0 Å². The summed E-state index contributed by atoms with van der Waals surface area (Å²) < 4.78 is 23.0. The number of hydrogen-bond donors (Lipinski definition) is 2. The monoisotopic (exact) mass is 667 g/mol. The summed E-state index contributed by atoms with van der Waals surface area (Å²) in [5.74, 6) is 0.195. The van der Waals surface area contributed by atoms with Gasteiger partial charge in [-0.3, -0.25) is 9.59 Å². The lowest BCUT2D eigenvalue weighted by atomic mass is 10.1. The molecular weight excluding hydrogens is 625 g/mol. The van der Waals surface area contributed by atoms with Gasteiger partial charge in [0.2, 0.25) is 11.6 Å². The van der Waals surface area contributed by atoms with E-state index in [4.69, 9.17) is 22.1 Å². The van der Waals surface area contributed by atoms with Gasteiger partial charge in [0.1, 0.15) is 35.2 Å². The van der Waals surface area contributed by atoms with Crippen molar-refractivity contribution >= 4 is 28.7 Å². The number of fused-ring (bicyclic) bond motifs is 1. The fourth-order valence-corrected chi connectivity index (χ4v) is 6.00. The van der Waals surface area contributed by atoms with Crippen molar-refractivity contribution in [2.24, 2.45) is 0 Å². The van der Waals surface area contributed by atoms with Crippen molar-refractivity contribution in [3.05, 3.63) is 83.9 Å². The van der Waals surface area contributed by atoms with E-state index in [0.29, 0.717) is 47.7 Å². The molecule has 1 fully saturated rings. The molecule has 1 unspecified atom stereocenters. The van der Waals surface area contributed by atoms with Gasteiger partial charge in [0, 0.05) is 37.7 Å². The summed E-state index contributed by atoms with van der Waals surface area (Å²) in [5.41, 5.74) is 7.31. The number of carbonyl (C=O) groups excluding carboxylic acids is 2. The molecule has 5 rings (SSSR count). The number of likely N-dealkylation sites (N-methyl/N-ethyl adjacent to an activating group) is 1. The lowest BCUT2D eigenvalue weighted by Crippen LogP contribution is -2.39. The number of halogens is 1. The van der Waals surface area contributed by atoms with E-state index in [1.807, 2.05) is 32.2 Å². The average molecular weight is 668 g/mol. The van der Waals surface area contributed by atoms with Crippen LogP contribution in [-0.2, 0) is 16.1 Å². The van der Waals surface area contributed by atoms with Crippen LogP contribution in [0, 0.1) is 12.4 Å². The Kier molecular flexibility index (Phi) is 11.5. The van der Waals surface area contributed by atoms with Crippen LogP contribution in [0.2, 0.25) is 0 Å². The molecule has 2 amide bonds. The van der Waals surface area contributed by atoms with E-state index in [1.54, 1.807) is 39.9 Å². The molecule has 0 spiro atoms. The van der Waals surface area contributed by atoms with Gasteiger partial charge in [-0.2, -0.15) is 5.10 Å². The van der Waals surface area contributed by atoms with Gasteiger partial charge in [-0.05, 0) is 70.5 Å². The van der Waals surface area contributed by atoms with E-state index in [1.165, 1.54) is 19.3 Å². The summed E-state index contributed by atoms with van der Waals surface area (Å²) in [4.78, 5) is 40.8. The number of aromatic nitrogens is 4. The van der Waals surface area contributed by atoms with Crippen LogP contribution >= 0.6 is 0 Å². The standard InChI is InChI=1S/C36H42FN9O3/c1-24(44(4)18-10-6-9-17-40-25(2)47)20-31(39-3)36(48)45-19-11-12-26(45)22-46-35-32(34(38)41-23-42-35)33(43-46)29-16-15-28(21-30(29)37)49-27-13-7-5-8-14-27/h5,7-8,13-16,20-21,23-24,26H,6,9-12,17-19,22H2,1-2,4H3,(H,40,47)(H2,38,41,42)/b31-20-/t24?,26-/m0/s1. The van der Waals surface area contributed by atoms with Crippen molar-refractivity contribution < 1.29 is 18.7 Å². The highest BCUT2D eigenvalue weighted by Crippen LogP contribution is 2.35. The maximum atomic E-state index is 15.6. The Hall–Kier alpha value is -5.35. The Labute approximate surface area is 285 Å². The molecule has 12 nitrogen and oxygen atoms in total. The van der Waals surface area contributed by atoms with Crippen LogP contribution in [0.4, 0.5) is 10.2 Å². The first-order chi connectivity index (χ1) is 23.7. The van der Waals surface area contributed by atoms with Crippen LogP contribution in [0.25, 0.3) is 27.1 Å². The summed E-state index contributed by atoms with van der Waals surface area (Å²) in [7, 11) is 1.97. The average Bonchev–Trinajstić information content (AvgIpc) is 3.70. The summed E-state index contributed by atoms with van der Waals surface area (Å²) in [6, 6.07) is 13.3. The first-order valence-electron chi connectivity index (χ1n) is 16.5. The summed E-state index contributed by atoms with van der Waals surface area (Å²) in [6.07, 6.45) is 7.35. The third-order valence-corrected chi connectivity index (χ3v) is 8.75. The predicted molar refractivity (Wildman–Crippen MR) is 186 cm³/mol. The van der Waals surface area contributed by atoms with E-state index in [9.17, 15) is 9.59 Å². The summed E-state index contributed by atoms with van der Waals surface area (Å²) in [5, 5.41) is 7.98. The number of nitrogens with zero attached hydrogens (tertiary/aromatic N) is 7. The second-order valence-electron chi connectivity index (χ2n) is 12.3. The number of nitrogen functional groups attached to an aromatic ring is 1. The number of para-hydroxylation sites is 1. The predicted octanol–water partition coefficient (Wildman–Crippen LogP) is 5.43. The van der Waals surface area contributed by atoms with Crippen molar-refractivity contribution in [1.29, 1.82) is 0 Å². The van der Waals surface area contributed by atoms with Gasteiger partial charge in [-0.15, -0.1) is 0 Å². The number of nitrogens with one attached hydrogen (secondary N) is 1. The molecule has 2 aromatic heterocycles. The van der Waals surface area contributed by atoms with E-state index >= 15 is 4.39 Å². The minimum atomic E-state index is -0.545. The van der Waals surface area contributed by atoms with Crippen LogP contribution in [0.3, 0.4) is 0 Å². The maximum absolute atomic E-state index is 15.6. The van der Waals surface area contributed by atoms with Gasteiger partial charge >= 0.3 is 0 Å². The minimum absolute atomic E-state index is 0.0271. The van der Waals surface area contributed by atoms with Crippen LogP contribution < -0.4 is 15.8 Å². The Morgan fingerprint density at radius 2 is 1.98 bits per heavy atom. The zero-order valence-corrected chi connectivity index (χ0v) is 28.1. The molecule has 4 aromatic rings. The number of amides is 2. The maximum Gasteiger partial charge on any atom is 0.252 e. The molecule has 1 saturated heterocycles. The highest BCUT2D eigenvalue weighted by molar-refractivity contribution is 5.98. The topological polar surface area (TPSA) is 136 Å². The van der Waals surface area contributed by atoms with Crippen molar-refractivity contribution in [3.63, 3.8) is 0 Å². The molecule has 13 heteroatoms. The van der Waals surface area contributed by atoms with Crippen molar-refractivity contribution in [2.75, 3.05) is 32.4 Å². The molecule has 256 valence electrons. The van der Waals surface area contributed by atoms with Gasteiger partial charge in [0.15, 0.2) is 5.65 Å².